The first-order chi connectivity index (χ1) is 6.38. The monoisotopic (exact) mass is 182 g/mol. The standard InChI is InChI=1S/C12H22O/c1-2-3-4-7-11-10-12(11)8-5-6-9-13/h5-6,11-13H,2-4,7-10H2,1H3/b6-5-/t11?,12-/m1/s1. The zero-order chi connectivity index (χ0) is 9.52. The summed E-state index contributed by atoms with van der Waals surface area (Å²) in [6.45, 7) is 2.46. The predicted octanol–water partition coefficient (Wildman–Crippen LogP) is 3.14. The topological polar surface area (TPSA) is 20.2 Å². The molecule has 76 valence electrons. The summed E-state index contributed by atoms with van der Waals surface area (Å²) >= 11 is 0. The minimum absolute atomic E-state index is 0.202. The van der Waals surface area contributed by atoms with Gasteiger partial charge in [0, 0.05) is 0 Å². The first kappa shape index (κ1) is 10.8. The van der Waals surface area contributed by atoms with Crippen LogP contribution < -0.4 is 0 Å². The number of hydrogen-bond acceptors (Lipinski definition) is 1. The maximum absolute atomic E-state index is 8.55. The molecule has 0 radical (unpaired) electrons. The van der Waals surface area contributed by atoms with Crippen LogP contribution >= 0.6 is 0 Å². The van der Waals surface area contributed by atoms with Crippen LogP contribution in [0.15, 0.2) is 12.2 Å². The van der Waals surface area contributed by atoms with Gasteiger partial charge in [-0.15, -0.1) is 0 Å². The Hall–Kier alpha value is -0.300. The lowest BCUT2D eigenvalue weighted by atomic mass is 10.1. The molecule has 1 unspecified atom stereocenters. The molecule has 0 spiro atoms. The smallest absolute Gasteiger partial charge is 0.0612 e. The number of allylic oxidation sites excluding steroid dienone is 1. The van der Waals surface area contributed by atoms with Crippen molar-refractivity contribution in [1.82, 2.24) is 0 Å². The summed E-state index contributed by atoms with van der Waals surface area (Å²) in [7, 11) is 0. The third-order valence-corrected chi connectivity index (χ3v) is 2.96. The Morgan fingerprint density at radius 2 is 2.08 bits per heavy atom. The fourth-order valence-electron chi connectivity index (χ4n) is 1.95. The number of rotatable bonds is 7. The second-order valence-corrected chi connectivity index (χ2v) is 4.14. The van der Waals surface area contributed by atoms with Gasteiger partial charge in [0.2, 0.25) is 0 Å². The molecule has 0 saturated heterocycles. The Labute approximate surface area is 81.9 Å². The van der Waals surface area contributed by atoms with Gasteiger partial charge in [-0.3, -0.25) is 0 Å². The largest absolute Gasteiger partial charge is 0.392 e. The van der Waals surface area contributed by atoms with Crippen LogP contribution in [0.1, 0.15) is 45.4 Å². The van der Waals surface area contributed by atoms with Crippen molar-refractivity contribution in [3.63, 3.8) is 0 Å². The van der Waals surface area contributed by atoms with E-state index in [9.17, 15) is 0 Å². The van der Waals surface area contributed by atoms with Gasteiger partial charge in [-0.05, 0) is 24.7 Å². The Bertz CT molecular complexity index is 151. The Morgan fingerprint density at radius 3 is 2.77 bits per heavy atom. The highest BCUT2D eigenvalue weighted by atomic mass is 16.2. The third kappa shape index (κ3) is 4.47. The lowest BCUT2D eigenvalue weighted by Crippen LogP contribution is -1.83. The number of hydrogen-bond donors (Lipinski definition) is 1. The summed E-state index contributed by atoms with van der Waals surface area (Å²) in [5, 5.41) is 8.55. The highest BCUT2D eigenvalue weighted by Crippen LogP contribution is 2.44. The minimum Gasteiger partial charge on any atom is -0.392 e. The Balaban J connectivity index is 1.93. The van der Waals surface area contributed by atoms with Crippen LogP contribution in [0, 0.1) is 11.8 Å². The molecule has 1 nitrogen and oxygen atoms in total. The molecule has 2 atom stereocenters. The van der Waals surface area contributed by atoms with Gasteiger partial charge in [0.1, 0.15) is 0 Å². The van der Waals surface area contributed by atoms with Crippen molar-refractivity contribution < 1.29 is 5.11 Å². The summed E-state index contributed by atoms with van der Waals surface area (Å²) in [6, 6.07) is 0. The van der Waals surface area contributed by atoms with E-state index >= 15 is 0 Å². The molecule has 1 aliphatic rings. The molecule has 13 heavy (non-hydrogen) atoms. The van der Waals surface area contributed by atoms with Crippen molar-refractivity contribution in [3.05, 3.63) is 12.2 Å². The van der Waals surface area contributed by atoms with Crippen molar-refractivity contribution in [1.29, 1.82) is 0 Å². The number of aliphatic hydroxyl groups excluding tert-OH is 1. The molecule has 0 aromatic heterocycles. The molecular weight excluding hydrogens is 160 g/mol. The average Bonchev–Trinajstić information content (AvgIpc) is 2.85. The Morgan fingerprint density at radius 1 is 1.23 bits per heavy atom. The average molecular weight is 182 g/mol. The van der Waals surface area contributed by atoms with Gasteiger partial charge < -0.3 is 5.11 Å². The molecule has 1 heteroatoms. The third-order valence-electron chi connectivity index (χ3n) is 2.96. The SMILES string of the molecule is CCCCCC1C[C@H]1C/C=C\CO. The molecule has 0 aromatic carbocycles. The highest BCUT2D eigenvalue weighted by molar-refractivity contribution is 4.93. The van der Waals surface area contributed by atoms with Crippen molar-refractivity contribution in [2.24, 2.45) is 11.8 Å². The molecule has 0 aromatic rings. The number of unbranched alkanes of at least 4 members (excludes halogenated alkanes) is 2. The van der Waals surface area contributed by atoms with Crippen LogP contribution in [-0.2, 0) is 0 Å². The van der Waals surface area contributed by atoms with E-state index in [0.717, 1.165) is 11.8 Å². The second-order valence-electron chi connectivity index (χ2n) is 4.14. The summed E-state index contributed by atoms with van der Waals surface area (Å²) in [6.07, 6.45) is 12.2. The molecule has 1 aliphatic carbocycles. The molecule has 0 heterocycles. The van der Waals surface area contributed by atoms with Gasteiger partial charge in [0.05, 0.1) is 6.61 Å². The second kappa shape index (κ2) is 6.20. The molecule has 1 saturated carbocycles. The van der Waals surface area contributed by atoms with Gasteiger partial charge in [0.15, 0.2) is 0 Å². The molecule has 1 fully saturated rings. The first-order valence-corrected chi connectivity index (χ1v) is 5.64. The zero-order valence-electron chi connectivity index (χ0n) is 8.71. The molecule has 1 N–H and O–H groups in total. The van der Waals surface area contributed by atoms with E-state index in [1.54, 1.807) is 0 Å². The zero-order valence-corrected chi connectivity index (χ0v) is 8.71. The molecule has 0 aliphatic heterocycles. The van der Waals surface area contributed by atoms with Crippen LogP contribution in [0.3, 0.4) is 0 Å². The van der Waals surface area contributed by atoms with Crippen LogP contribution in [-0.4, -0.2) is 11.7 Å². The van der Waals surface area contributed by atoms with Crippen molar-refractivity contribution in [2.45, 2.75) is 45.4 Å². The molecule has 1 rings (SSSR count). The minimum atomic E-state index is 0.202. The normalized spacial score (nSPS) is 26.9. The highest BCUT2D eigenvalue weighted by Gasteiger charge is 2.34. The van der Waals surface area contributed by atoms with Crippen LogP contribution in [0.5, 0.6) is 0 Å². The number of aliphatic hydroxyl groups is 1. The van der Waals surface area contributed by atoms with E-state index in [1.807, 2.05) is 6.08 Å². The van der Waals surface area contributed by atoms with E-state index in [-0.39, 0.29) is 6.61 Å². The Kier molecular flexibility index (Phi) is 5.14. The van der Waals surface area contributed by atoms with E-state index in [2.05, 4.69) is 13.0 Å². The predicted molar refractivity (Wildman–Crippen MR) is 56.6 cm³/mol. The van der Waals surface area contributed by atoms with E-state index in [4.69, 9.17) is 5.11 Å². The van der Waals surface area contributed by atoms with E-state index < -0.39 is 0 Å². The molecule has 0 amide bonds. The van der Waals surface area contributed by atoms with Crippen molar-refractivity contribution in [2.75, 3.05) is 6.61 Å². The maximum atomic E-state index is 8.55. The van der Waals surface area contributed by atoms with E-state index in [0.29, 0.717) is 0 Å². The summed E-state index contributed by atoms with van der Waals surface area (Å²) in [4.78, 5) is 0. The lowest BCUT2D eigenvalue weighted by molar-refractivity contribution is 0.342. The van der Waals surface area contributed by atoms with Gasteiger partial charge in [-0.25, -0.2) is 0 Å². The van der Waals surface area contributed by atoms with Crippen LogP contribution in [0.2, 0.25) is 0 Å². The van der Waals surface area contributed by atoms with Gasteiger partial charge >= 0.3 is 0 Å². The maximum Gasteiger partial charge on any atom is 0.0612 e. The lowest BCUT2D eigenvalue weighted by Gasteiger charge is -1.96. The summed E-state index contributed by atoms with van der Waals surface area (Å²) in [5.41, 5.74) is 0. The fourth-order valence-corrected chi connectivity index (χ4v) is 1.95. The van der Waals surface area contributed by atoms with Crippen LogP contribution in [0.4, 0.5) is 0 Å². The van der Waals surface area contributed by atoms with Crippen molar-refractivity contribution in [3.8, 4) is 0 Å². The molecular formula is C12H22O. The fraction of sp³-hybridized carbons (Fsp3) is 0.833. The van der Waals surface area contributed by atoms with Gasteiger partial charge in [0.25, 0.3) is 0 Å². The van der Waals surface area contributed by atoms with Gasteiger partial charge in [-0.2, -0.15) is 0 Å². The van der Waals surface area contributed by atoms with Crippen LogP contribution in [0.25, 0.3) is 0 Å². The van der Waals surface area contributed by atoms with Gasteiger partial charge in [-0.1, -0.05) is 44.8 Å². The first-order valence-electron chi connectivity index (χ1n) is 5.64. The summed E-state index contributed by atoms with van der Waals surface area (Å²) in [5.74, 6) is 1.95. The molecule has 0 bridgehead atoms. The van der Waals surface area contributed by atoms with Crippen molar-refractivity contribution >= 4 is 0 Å². The summed E-state index contributed by atoms with van der Waals surface area (Å²) < 4.78 is 0. The van der Waals surface area contributed by atoms with E-state index in [1.165, 1.54) is 38.5 Å². The quantitative estimate of drug-likeness (QED) is 0.473.